The van der Waals surface area contributed by atoms with E-state index in [4.69, 9.17) is 46.4 Å². The number of hydrogen-bond donors (Lipinski definition) is 14. The van der Waals surface area contributed by atoms with E-state index in [0.717, 1.165) is 0 Å². The van der Waals surface area contributed by atoms with Gasteiger partial charge in [-0.3, -0.25) is 9.32 Å². The molecule has 3 fully saturated rings. The standard InChI is InChI=1S/C22H44N5O16P/c23-2-1-8(29)20(35)27-7-3-6(25)17(41-21-15(33)14(32)13(31)9(4-24)39-21)16(34)18(7)42-22-19(43-44(36,37)38)11(26)12(30)10(5-28)40-22/h6-19,21-22,28-34H,1-5,23-26H2,(H,27,35)(H2,36,37,38)/t6-,7+,8-,9+,10+,11-,12+,13+,14-,15+,16-,17+,18-,19+,21+,22+/m0/s1. The Morgan fingerprint density at radius 2 is 1.50 bits per heavy atom. The number of carbonyl (C=O) groups excluding carboxylic acids is 1. The molecule has 22 heteroatoms. The lowest BCUT2D eigenvalue weighted by atomic mass is 9.83. The van der Waals surface area contributed by atoms with Crippen molar-refractivity contribution in [2.75, 3.05) is 19.7 Å². The molecule has 16 atom stereocenters. The molecule has 21 nitrogen and oxygen atoms in total. The first-order chi connectivity index (χ1) is 20.5. The first-order valence-corrected chi connectivity index (χ1v) is 15.3. The maximum atomic E-state index is 12.7. The fourth-order valence-electron chi connectivity index (χ4n) is 5.33. The van der Waals surface area contributed by atoms with Gasteiger partial charge in [-0.2, -0.15) is 0 Å². The number of hydrogen-bond acceptors (Lipinski definition) is 18. The van der Waals surface area contributed by atoms with Crippen LogP contribution in [0.1, 0.15) is 12.8 Å². The summed E-state index contributed by atoms with van der Waals surface area (Å²) in [5, 5.41) is 74.9. The first kappa shape index (κ1) is 37.4. The van der Waals surface area contributed by atoms with Crippen molar-refractivity contribution in [3.8, 4) is 0 Å². The fraction of sp³-hybridized carbons (Fsp3) is 0.955. The quantitative estimate of drug-likeness (QED) is 0.0860. The Balaban J connectivity index is 1.93. The Morgan fingerprint density at radius 1 is 0.886 bits per heavy atom. The molecule has 258 valence electrons. The van der Waals surface area contributed by atoms with Crippen molar-refractivity contribution in [2.24, 2.45) is 22.9 Å². The highest BCUT2D eigenvalue weighted by Crippen LogP contribution is 2.42. The summed E-state index contributed by atoms with van der Waals surface area (Å²) in [6.45, 7) is -1.15. The zero-order valence-electron chi connectivity index (χ0n) is 23.4. The van der Waals surface area contributed by atoms with E-state index in [9.17, 15) is 54.9 Å². The van der Waals surface area contributed by atoms with Crippen LogP contribution in [-0.2, 0) is 32.8 Å². The number of carbonyl (C=O) groups is 1. The minimum Gasteiger partial charge on any atom is -0.394 e. The average Bonchev–Trinajstić information content (AvgIpc) is 2.95. The summed E-state index contributed by atoms with van der Waals surface area (Å²) in [7, 11) is -5.30. The Morgan fingerprint density at radius 3 is 2.07 bits per heavy atom. The van der Waals surface area contributed by atoms with Gasteiger partial charge in [0.15, 0.2) is 12.6 Å². The van der Waals surface area contributed by atoms with Crippen molar-refractivity contribution >= 4 is 13.7 Å². The molecule has 1 amide bonds. The van der Waals surface area contributed by atoms with Crippen LogP contribution in [0.2, 0.25) is 0 Å². The Labute approximate surface area is 251 Å². The molecule has 0 bridgehead atoms. The molecular formula is C22H44N5O16P. The van der Waals surface area contributed by atoms with Crippen LogP contribution in [0.25, 0.3) is 0 Å². The predicted octanol–water partition coefficient (Wildman–Crippen LogP) is -8.31. The number of aliphatic hydroxyl groups excluding tert-OH is 7. The maximum absolute atomic E-state index is 12.7. The number of aliphatic hydroxyl groups is 7. The second-order valence-electron chi connectivity index (χ2n) is 10.9. The third-order valence-corrected chi connectivity index (χ3v) is 8.26. The minimum atomic E-state index is -5.30. The molecule has 2 saturated heterocycles. The van der Waals surface area contributed by atoms with Crippen molar-refractivity contribution < 1.29 is 78.4 Å². The largest absolute Gasteiger partial charge is 0.470 e. The maximum Gasteiger partial charge on any atom is 0.470 e. The predicted molar refractivity (Wildman–Crippen MR) is 142 cm³/mol. The van der Waals surface area contributed by atoms with Gasteiger partial charge in [-0.05, 0) is 19.4 Å². The normalized spacial score (nSPS) is 44.2. The number of ether oxygens (including phenoxy) is 4. The van der Waals surface area contributed by atoms with Gasteiger partial charge >= 0.3 is 7.82 Å². The van der Waals surface area contributed by atoms with Crippen molar-refractivity contribution in [3.63, 3.8) is 0 Å². The van der Waals surface area contributed by atoms with E-state index in [2.05, 4.69) is 5.32 Å². The molecule has 0 spiro atoms. The average molecular weight is 666 g/mol. The SMILES string of the molecule is NCC[C@H](O)C(=O)N[C@@H]1C[C@H](N)[C@@H](O[C@H]2O[C@H](CN)[C@@H](O)[C@H](O)[C@H]2O)[C@H](O)[C@H]1O[C@H]1O[C@H](CO)[C@@H](O)[C@H](N)[C@H]1OP(=O)(O)O. The molecule has 44 heavy (non-hydrogen) atoms. The van der Waals surface area contributed by atoms with Crippen LogP contribution < -0.4 is 28.3 Å². The van der Waals surface area contributed by atoms with E-state index >= 15 is 0 Å². The van der Waals surface area contributed by atoms with E-state index in [-0.39, 0.29) is 25.9 Å². The van der Waals surface area contributed by atoms with E-state index in [1.165, 1.54) is 0 Å². The van der Waals surface area contributed by atoms with Gasteiger partial charge < -0.3 is 92.7 Å². The number of amides is 1. The summed E-state index contributed by atoms with van der Waals surface area (Å²) < 4.78 is 39.0. The number of nitrogens with two attached hydrogens (primary N) is 4. The zero-order valence-corrected chi connectivity index (χ0v) is 24.3. The summed E-state index contributed by atoms with van der Waals surface area (Å²) in [5.74, 6) is -0.935. The summed E-state index contributed by atoms with van der Waals surface area (Å²) >= 11 is 0. The third kappa shape index (κ3) is 8.66. The first-order valence-electron chi connectivity index (χ1n) is 13.8. The second-order valence-corrected chi connectivity index (χ2v) is 12.1. The smallest absolute Gasteiger partial charge is 0.394 e. The highest BCUT2D eigenvalue weighted by atomic mass is 31.2. The molecule has 1 saturated carbocycles. The Kier molecular flexibility index (Phi) is 13.4. The van der Waals surface area contributed by atoms with Gasteiger partial charge in [-0.15, -0.1) is 0 Å². The molecule has 1 aliphatic carbocycles. The van der Waals surface area contributed by atoms with Crippen molar-refractivity contribution in [1.29, 1.82) is 0 Å². The molecule has 2 aliphatic heterocycles. The summed E-state index contributed by atoms with van der Waals surface area (Å²) in [5.41, 5.74) is 23.2. The van der Waals surface area contributed by atoms with E-state index in [1.807, 2.05) is 0 Å². The van der Waals surface area contributed by atoms with Gasteiger partial charge in [0.05, 0.1) is 18.7 Å². The van der Waals surface area contributed by atoms with Crippen molar-refractivity contribution in [1.82, 2.24) is 5.32 Å². The summed E-state index contributed by atoms with van der Waals surface area (Å²) in [6, 6.07) is -4.00. The third-order valence-electron chi connectivity index (χ3n) is 7.74. The van der Waals surface area contributed by atoms with Gasteiger partial charge in [0.1, 0.15) is 67.1 Å². The van der Waals surface area contributed by atoms with Crippen molar-refractivity contribution in [2.45, 2.75) is 111 Å². The second kappa shape index (κ2) is 15.7. The highest BCUT2D eigenvalue weighted by Gasteiger charge is 2.53. The lowest BCUT2D eigenvalue weighted by molar-refractivity contribution is -0.331. The molecule has 2 heterocycles. The van der Waals surface area contributed by atoms with Gasteiger partial charge in [-0.25, -0.2) is 4.57 Å². The molecule has 0 aromatic heterocycles. The minimum absolute atomic E-state index is 0.0502. The van der Waals surface area contributed by atoms with Crippen LogP contribution in [0.4, 0.5) is 0 Å². The van der Waals surface area contributed by atoms with Gasteiger partial charge in [0.25, 0.3) is 0 Å². The molecule has 0 unspecified atom stereocenters. The van der Waals surface area contributed by atoms with Gasteiger partial charge in [-0.1, -0.05) is 0 Å². The highest BCUT2D eigenvalue weighted by molar-refractivity contribution is 7.46. The van der Waals surface area contributed by atoms with E-state index in [0.29, 0.717) is 0 Å². The van der Waals surface area contributed by atoms with Crippen LogP contribution in [0, 0.1) is 0 Å². The van der Waals surface area contributed by atoms with Crippen LogP contribution in [0.3, 0.4) is 0 Å². The van der Waals surface area contributed by atoms with E-state index in [1.54, 1.807) is 0 Å². The number of nitrogens with one attached hydrogen (secondary N) is 1. The number of rotatable bonds is 12. The zero-order chi connectivity index (χ0) is 33.1. The molecule has 0 aromatic carbocycles. The lowest BCUT2D eigenvalue weighted by Gasteiger charge is -2.49. The molecule has 3 rings (SSSR count). The van der Waals surface area contributed by atoms with Crippen molar-refractivity contribution in [3.05, 3.63) is 0 Å². The molecule has 0 radical (unpaired) electrons. The number of phosphoric ester groups is 1. The monoisotopic (exact) mass is 665 g/mol. The van der Waals surface area contributed by atoms with Gasteiger partial charge in [0, 0.05) is 12.6 Å². The topological polar surface area (TPSA) is 378 Å². The van der Waals surface area contributed by atoms with Crippen LogP contribution in [0.5, 0.6) is 0 Å². The van der Waals surface area contributed by atoms with E-state index < -0.39 is 118 Å². The molecule has 0 aromatic rings. The van der Waals surface area contributed by atoms with Crippen LogP contribution in [0.15, 0.2) is 0 Å². The molecular weight excluding hydrogens is 621 g/mol. The van der Waals surface area contributed by atoms with Gasteiger partial charge in [0.2, 0.25) is 5.91 Å². The summed E-state index contributed by atoms with van der Waals surface area (Å²) in [4.78, 5) is 31.6. The molecule has 3 aliphatic rings. The lowest BCUT2D eigenvalue weighted by Crippen LogP contribution is -2.69. The summed E-state index contributed by atoms with van der Waals surface area (Å²) in [6.07, 6.45) is -21.9. The fourth-order valence-corrected chi connectivity index (χ4v) is 5.89. The molecule has 18 N–H and O–H groups in total. The van der Waals surface area contributed by atoms with Crippen LogP contribution in [-0.4, -0.2) is 169 Å². The van der Waals surface area contributed by atoms with Crippen LogP contribution >= 0.6 is 7.82 Å². The Bertz CT molecular complexity index is 983. The Hall–Kier alpha value is -1.02. The number of phosphoric acid groups is 1.